The lowest BCUT2D eigenvalue weighted by molar-refractivity contribution is 0.374. The van der Waals surface area contributed by atoms with E-state index < -0.39 is 40.4 Å². The van der Waals surface area contributed by atoms with E-state index in [1.165, 1.54) is 18.2 Å². The van der Waals surface area contributed by atoms with E-state index >= 15 is 0 Å². The predicted molar refractivity (Wildman–Crippen MR) is 59.2 cm³/mol. The molecule has 1 heterocycles. The Morgan fingerprint density at radius 3 is 1.95 bits per heavy atom. The van der Waals surface area contributed by atoms with Crippen molar-refractivity contribution in [2.75, 3.05) is 0 Å². The van der Waals surface area contributed by atoms with Gasteiger partial charge in [0, 0.05) is 5.39 Å². The van der Waals surface area contributed by atoms with E-state index in [4.69, 9.17) is 4.52 Å². The second-order valence-electron chi connectivity index (χ2n) is 3.97. The van der Waals surface area contributed by atoms with E-state index in [0.29, 0.717) is 0 Å². The van der Waals surface area contributed by atoms with Gasteiger partial charge in [0.1, 0.15) is 5.52 Å². The summed E-state index contributed by atoms with van der Waals surface area (Å²) in [7, 11) is 0. The highest BCUT2D eigenvalue weighted by Gasteiger charge is 2.29. The fourth-order valence-corrected chi connectivity index (χ4v) is 1.87. The zero-order valence-electron chi connectivity index (χ0n) is 9.55. The van der Waals surface area contributed by atoms with Gasteiger partial charge in [0.15, 0.2) is 29.0 Å². The van der Waals surface area contributed by atoms with Crippen LogP contribution in [0.5, 0.6) is 0 Å². The molecular weight excluding hydrogens is 281 g/mol. The van der Waals surface area contributed by atoms with Crippen molar-refractivity contribution in [3.8, 4) is 11.3 Å². The average molecular weight is 285 g/mol. The third kappa shape index (κ3) is 1.59. The zero-order chi connectivity index (χ0) is 14.4. The van der Waals surface area contributed by atoms with Gasteiger partial charge in [0.25, 0.3) is 0 Å². The Balaban J connectivity index is 2.41. The standard InChI is InChI=1S/C13H4F5NO/c14-8-7(9(15)11(17)12(18)10(8)16)13-5-3-1-2-4-6(5)19-20-13/h1-4H. The number of hydrogen-bond acceptors (Lipinski definition) is 2. The summed E-state index contributed by atoms with van der Waals surface area (Å²) in [4.78, 5) is 0. The lowest BCUT2D eigenvalue weighted by Gasteiger charge is -2.05. The fraction of sp³-hybridized carbons (Fsp3) is 0. The van der Waals surface area contributed by atoms with Crippen molar-refractivity contribution in [1.82, 2.24) is 5.16 Å². The van der Waals surface area contributed by atoms with Crippen molar-refractivity contribution in [2.45, 2.75) is 0 Å². The van der Waals surface area contributed by atoms with Crippen molar-refractivity contribution in [3.63, 3.8) is 0 Å². The van der Waals surface area contributed by atoms with Crippen LogP contribution in [-0.4, -0.2) is 5.16 Å². The largest absolute Gasteiger partial charge is 0.355 e. The van der Waals surface area contributed by atoms with Crippen molar-refractivity contribution < 1.29 is 26.5 Å². The highest BCUT2D eigenvalue weighted by atomic mass is 19.2. The first-order valence-corrected chi connectivity index (χ1v) is 5.38. The lowest BCUT2D eigenvalue weighted by Crippen LogP contribution is -2.03. The maximum absolute atomic E-state index is 13.7. The number of aromatic nitrogens is 1. The normalized spacial score (nSPS) is 11.2. The molecule has 2 aromatic carbocycles. The van der Waals surface area contributed by atoms with Crippen LogP contribution in [0.1, 0.15) is 0 Å². The molecule has 0 radical (unpaired) electrons. The average Bonchev–Trinajstić information content (AvgIpc) is 2.87. The van der Waals surface area contributed by atoms with E-state index in [1.807, 2.05) is 0 Å². The first kappa shape index (κ1) is 12.6. The Labute approximate surface area is 108 Å². The molecule has 7 heteroatoms. The molecular formula is C13H4F5NO. The summed E-state index contributed by atoms with van der Waals surface area (Å²) in [6.07, 6.45) is 0. The SMILES string of the molecule is Fc1c(F)c(F)c(-c2onc3ccccc23)c(F)c1F. The zero-order valence-corrected chi connectivity index (χ0v) is 9.55. The van der Waals surface area contributed by atoms with Gasteiger partial charge in [-0.25, -0.2) is 22.0 Å². The van der Waals surface area contributed by atoms with Crippen LogP contribution in [0.3, 0.4) is 0 Å². The van der Waals surface area contributed by atoms with Gasteiger partial charge in [-0.1, -0.05) is 17.3 Å². The molecule has 0 saturated heterocycles. The number of benzene rings is 2. The Bertz CT molecular complexity index is 798. The molecule has 2 nitrogen and oxygen atoms in total. The summed E-state index contributed by atoms with van der Waals surface area (Å²) in [5, 5.41) is 3.66. The second kappa shape index (κ2) is 4.29. The molecule has 0 unspecified atom stereocenters. The highest BCUT2D eigenvalue weighted by Crippen LogP contribution is 2.35. The molecule has 102 valence electrons. The van der Waals surface area contributed by atoms with Gasteiger partial charge in [-0.3, -0.25) is 0 Å². The van der Waals surface area contributed by atoms with Gasteiger partial charge >= 0.3 is 0 Å². The quantitative estimate of drug-likeness (QED) is 0.380. The van der Waals surface area contributed by atoms with Crippen LogP contribution in [0.15, 0.2) is 28.8 Å². The van der Waals surface area contributed by atoms with Crippen LogP contribution in [0.4, 0.5) is 22.0 Å². The molecule has 0 aliphatic heterocycles. The molecule has 0 fully saturated rings. The van der Waals surface area contributed by atoms with Crippen LogP contribution >= 0.6 is 0 Å². The van der Waals surface area contributed by atoms with Gasteiger partial charge in [-0.2, -0.15) is 0 Å². The number of fused-ring (bicyclic) bond motifs is 1. The molecule has 1 aromatic heterocycles. The van der Waals surface area contributed by atoms with Crippen LogP contribution in [0.25, 0.3) is 22.2 Å². The van der Waals surface area contributed by atoms with Crippen LogP contribution < -0.4 is 0 Å². The van der Waals surface area contributed by atoms with Crippen molar-refractivity contribution in [1.29, 1.82) is 0 Å². The first-order valence-electron chi connectivity index (χ1n) is 5.38. The van der Waals surface area contributed by atoms with Crippen LogP contribution in [-0.2, 0) is 0 Å². The predicted octanol–water partition coefficient (Wildman–Crippen LogP) is 4.19. The van der Waals surface area contributed by atoms with E-state index in [0.717, 1.165) is 0 Å². The number of nitrogens with zero attached hydrogens (tertiary/aromatic N) is 1. The van der Waals surface area contributed by atoms with Crippen LogP contribution in [0.2, 0.25) is 0 Å². The third-order valence-corrected chi connectivity index (χ3v) is 2.82. The smallest absolute Gasteiger partial charge is 0.200 e. The van der Waals surface area contributed by atoms with Gasteiger partial charge in [0.2, 0.25) is 5.82 Å². The monoisotopic (exact) mass is 285 g/mol. The van der Waals surface area contributed by atoms with Gasteiger partial charge in [-0.15, -0.1) is 0 Å². The Morgan fingerprint density at radius 1 is 0.750 bits per heavy atom. The highest BCUT2D eigenvalue weighted by molar-refractivity contribution is 5.91. The summed E-state index contributed by atoms with van der Waals surface area (Å²) in [5.74, 6) is -10.7. The molecule has 20 heavy (non-hydrogen) atoms. The second-order valence-corrected chi connectivity index (χ2v) is 3.97. The van der Waals surface area contributed by atoms with E-state index in [1.54, 1.807) is 6.07 Å². The number of rotatable bonds is 1. The molecule has 0 bridgehead atoms. The molecule has 0 N–H and O–H groups in total. The number of halogens is 5. The van der Waals surface area contributed by atoms with Crippen LogP contribution in [0, 0.1) is 29.1 Å². The van der Waals surface area contributed by atoms with E-state index in [2.05, 4.69) is 5.16 Å². The summed E-state index contributed by atoms with van der Waals surface area (Å²) in [6.45, 7) is 0. The summed E-state index contributed by atoms with van der Waals surface area (Å²) >= 11 is 0. The maximum atomic E-state index is 13.7. The maximum Gasteiger partial charge on any atom is 0.200 e. The summed E-state index contributed by atoms with van der Waals surface area (Å²) < 4.78 is 71.4. The topological polar surface area (TPSA) is 26.0 Å². The molecule has 3 rings (SSSR count). The molecule has 0 saturated carbocycles. The fourth-order valence-electron chi connectivity index (χ4n) is 1.87. The minimum absolute atomic E-state index is 0.149. The van der Waals surface area contributed by atoms with E-state index in [9.17, 15) is 22.0 Å². The molecule has 0 aliphatic rings. The minimum Gasteiger partial charge on any atom is -0.355 e. The minimum atomic E-state index is -2.22. The Morgan fingerprint density at radius 2 is 1.30 bits per heavy atom. The first-order chi connectivity index (χ1) is 9.52. The van der Waals surface area contributed by atoms with Gasteiger partial charge in [0.05, 0.1) is 5.56 Å². The molecule has 0 amide bonds. The molecule has 0 aliphatic carbocycles. The summed E-state index contributed by atoms with van der Waals surface area (Å²) in [5.41, 5.74) is -0.887. The number of hydrogen-bond donors (Lipinski definition) is 0. The van der Waals surface area contributed by atoms with Gasteiger partial charge in [-0.05, 0) is 12.1 Å². The molecule has 3 aromatic rings. The van der Waals surface area contributed by atoms with Crippen molar-refractivity contribution in [2.24, 2.45) is 0 Å². The molecule has 0 spiro atoms. The van der Waals surface area contributed by atoms with Crippen molar-refractivity contribution in [3.05, 3.63) is 53.4 Å². The lowest BCUT2D eigenvalue weighted by atomic mass is 10.1. The Hall–Kier alpha value is -2.44. The summed E-state index contributed by atoms with van der Waals surface area (Å²) in [6, 6.07) is 6.00. The van der Waals surface area contributed by atoms with E-state index in [-0.39, 0.29) is 10.9 Å². The van der Waals surface area contributed by atoms with Gasteiger partial charge < -0.3 is 4.52 Å². The Kier molecular flexibility index (Phi) is 2.70. The van der Waals surface area contributed by atoms with Crippen molar-refractivity contribution >= 4 is 10.9 Å². The molecule has 0 atom stereocenters. The third-order valence-electron chi connectivity index (χ3n) is 2.82.